The number of nitrogens with zero attached hydrogens (tertiary/aromatic N) is 4. The first-order valence-electron chi connectivity index (χ1n) is 6.11. The van der Waals surface area contributed by atoms with Crippen molar-refractivity contribution in [1.29, 1.82) is 0 Å². The van der Waals surface area contributed by atoms with Crippen LogP contribution in [0.1, 0.15) is 31.3 Å². The SMILES string of the molecule is CCNC(c1ccn(C)n1)c1c(Cl)cnn1CC. The molecule has 0 aromatic carbocycles. The van der Waals surface area contributed by atoms with E-state index in [1.165, 1.54) is 0 Å². The highest BCUT2D eigenvalue weighted by Crippen LogP contribution is 2.27. The van der Waals surface area contributed by atoms with Gasteiger partial charge < -0.3 is 5.32 Å². The van der Waals surface area contributed by atoms with Crippen LogP contribution in [-0.4, -0.2) is 26.1 Å². The Morgan fingerprint density at radius 2 is 2.22 bits per heavy atom. The lowest BCUT2D eigenvalue weighted by molar-refractivity contribution is 0.529. The minimum atomic E-state index is -0.0221. The molecule has 2 aromatic rings. The molecule has 2 aromatic heterocycles. The molecule has 2 heterocycles. The number of hydrogen-bond acceptors (Lipinski definition) is 3. The van der Waals surface area contributed by atoms with E-state index in [0.29, 0.717) is 5.02 Å². The summed E-state index contributed by atoms with van der Waals surface area (Å²) in [5.41, 5.74) is 1.93. The zero-order chi connectivity index (χ0) is 13.1. The zero-order valence-electron chi connectivity index (χ0n) is 10.9. The van der Waals surface area contributed by atoms with Crippen LogP contribution in [0.5, 0.6) is 0 Å². The first-order valence-corrected chi connectivity index (χ1v) is 6.49. The van der Waals surface area contributed by atoms with Crippen LogP contribution >= 0.6 is 11.6 Å². The van der Waals surface area contributed by atoms with Crippen molar-refractivity contribution in [3.05, 3.63) is 34.9 Å². The average Bonchev–Trinajstić information content (AvgIpc) is 2.93. The summed E-state index contributed by atoms with van der Waals surface area (Å²) in [7, 11) is 1.91. The molecule has 0 radical (unpaired) electrons. The van der Waals surface area contributed by atoms with Crippen LogP contribution in [0, 0.1) is 0 Å². The molecule has 0 aliphatic carbocycles. The quantitative estimate of drug-likeness (QED) is 0.901. The summed E-state index contributed by atoms with van der Waals surface area (Å²) in [6, 6.07) is 1.97. The highest BCUT2D eigenvalue weighted by Gasteiger charge is 2.22. The molecule has 1 unspecified atom stereocenters. The van der Waals surface area contributed by atoms with Crippen LogP contribution < -0.4 is 5.32 Å². The molecule has 0 fully saturated rings. The normalized spacial score (nSPS) is 12.9. The molecule has 1 atom stereocenters. The highest BCUT2D eigenvalue weighted by molar-refractivity contribution is 6.31. The average molecular weight is 268 g/mol. The molecule has 1 N–H and O–H groups in total. The lowest BCUT2D eigenvalue weighted by Crippen LogP contribution is -2.25. The zero-order valence-corrected chi connectivity index (χ0v) is 11.6. The monoisotopic (exact) mass is 267 g/mol. The van der Waals surface area contributed by atoms with E-state index in [2.05, 4.69) is 22.4 Å². The smallest absolute Gasteiger partial charge is 0.0955 e. The van der Waals surface area contributed by atoms with E-state index in [9.17, 15) is 0 Å². The van der Waals surface area contributed by atoms with Gasteiger partial charge in [-0.15, -0.1) is 0 Å². The van der Waals surface area contributed by atoms with Gasteiger partial charge in [0.1, 0.15) is 0 Å². The topological polar surface area (TPSA) is 47.7 Å². The fourth-order valence-electron chi connectivity index (χ4n) is 2.04. The summed E-state index contributed by atoms with van der Waals surface area (Å²) in [6.07, 6.45) is 3.62. The van der Waals surface area contributed by atoms with Crippen molar-refractivity contribution in [3.63, 3.8) is 0 Å². The molecular weight excluding hydrogens is 250 g/mol. The minimum Gasteiger partial charge on any atom is -0.304 e. The molecule has 0 amide bonds. The van der Waals surface area contributed by atoms with Crippen molar-refractivity contribution in [2.24, 2.45) is 7.05 Å². The van der Waals surface area contributed by atoms with Crippen molar-refractivity contribution in [1.82, 2.24) is 24.9 Å². The summed E-state index contributed by atoms with van der Waals surface area (Å²) in [5, 5.41) is 12.8. The molecular formula is C12H18ClN5. The number of aromatic nitrogens is 4. The van der Waals surface area contributed by atoms with E-state index < -0.39 is 0 Å². The van der Waals surface area contributed by atoms with Crippen molar-refractivity contribution in [3.8, 4) is 0 Å². The molecule has 0 aliphatic rings. The third-order valence-electron chi connectivity index (χ3n) is 2.84. The molecule has 0 bridgehead atoms. The van der Waals surface area contributed by atoms with E-state index in [0.717, 1.165) is 24.5 Å². The summed E-state index contributed by atoms with van der Waals surface area (Å²) >= 11 is 6.25. The molecule has 0 aliphatic heterocycles. The highest BCUT2D eigenvalue weighted by atomic mass is 35.5. The van der Waals surface area contributed by atoms with Crippen LogP contribution in [0.15, 0.2) is 18.5 Å². The molecule has 0 spiro atoms. The van der Waals surface area contributed by atoms with Gasteiger partial charge in [-0.05, 0) is 19.5 Å². The predicted octanol–water partition coefficient (Wildman–Crippen LogP) is 1.99. The van der Waals surface area contributed by atoms with Crippen LogP contribution in [-0.2, 0) is 13.6 Å². The first-order chi connectivity index (χ1) is 8.67. The van der Waals surface area contributed by atoms with Crippen molar-refractivity contribution >= 4 is 11.6 Å². The Balaban J connectivity index is 2.43. The van der Waals surface area contributed by atoms with Gasteiger partial charge in [-0.3, -0.25) is 9.36 Å². The molecule has 0 saturated heterocycles. The van der Waals surface area contributed by atoms with Gasteiger partial charge in [0.25, 0.3) is 0 Å². The fourth-order valence-corrected chi connectivity index (χ4v) is 2.29. The number of nitrogens with one attached hydrogen (secondary N) is 1. The van der Waals surface area contributed by atoms with Crippen molar-refractivity contribution in [2.45, 2.75) is 26.4 Å². The second-order valence-corrected chi connectivity index (χ2v) is 4.51. The van der Waals surface area contributed by atoms with Crippen LogP contribution in [0.25, 0.3) is 0 Å². The fraction of sp³-hybridized carbons (Fsp3) is 0.500. The maximum atomic E-state index is 6.25. The summed E-state index contributed by atoms with van der Waals surface area (Å²) in [4.78, 5) is 0. The van der Waals surface area contributed by atoms with Gasteiger partial charge in [0.2, 0.25) is 0 Å². The third kappa shape index (κ3) is 2.42. The van der Waals surface area contributed by atoms with E-state index in [4.69, 9.17) is 11.6 Å². The Hall–Kier alpha value is -1.33. The predicted molar refractivity (Wildman–Crippen MR) is 71.6 cm³/mol. The van der Waals surface area contributed by atoms with E-state index in [1.54, 1.807) is 10.9 Å². The van der Waals surface area contributed by atoms with Crippen molar-refractivity contribution in [2.75, 3.05) is 6.54 Å². The van der Waals surface area contributed by atoms with Gasteiger partial charge in [0.15, 0.2) is 0 Å². The van der Waals surface area contributed by atoms with Crippen LogP contribution in [0.3, 0.4) is 0 Å². The molecule has 18 heavy (non-hydrogen) atoms. The van der Waals surface area contributed by atoms with E-state index in [1.807, 2.05) is 30.9 Å². The number of rotatable bonds is 5. The molecule has 5 nitrogen and oxygen atoms in total. The Morgan fingerprint density at radius 3 is 2.78 bits per heavy atom. The minimum absolute atomic E-state index is 0.0221. The number of halogens is 1. The van der Waals surface area contributed by atoms with Gasteiger partial charge >= 0.3 is 0 Å². The molecule has 98 valence electrons. The second-order valence-electron chi connectivity index (χ2n) is 4.10. The van der Waals surface area contributed by atoms with E-state index >= 15 is 0 Å². The van der Waals surface area contributed by atoms with E-state index in [-0.39, 0.29) is 6.04 Å². The van der Waals surface area contributed by atoms with Crippen LogP contribution in [0.2, 0.25) is 5.02 Å². The maximum absolute atomic E-state index is 6.25. The largest absolute Gasteiger partial charge is 0.304 e. The lowest BCUT2D eigenvalue weighted by Gasteiger charge is -2.17. The van der Waals surface area contributed by atoms with Gasteiger partial charge in [-0.1, -0.05) is 18.5 Å². The Morgan fingerprint density at radius 1 is 1.44 bits per heavy atom. The van der Waals surface area contributed by atoms with Gasteiger partial charge in [-0.2, -0.15) is 10.2 Å². The second kappa shape index (κ2) is 5.54. The Labute approximate surface area is 112 Å². The van der Waals surface area contributed by atoms with Gasteiger partial charge in [-0.25, -0.2) is 0 Å². The Kier molecular flexibility index (Phi) is 4.04. The summed E-state index contributed by atoms with van der Waals surface area (Å²) < 4.78 is 3.70. The third-order valence-corrected chi connectivity index (χ3v) is 3.14. The van der Waals surface area contributed by atoms with Crippen molar-refractivity contribution < 1.29 is 0 Å². The first kappa shape index (κ1) is 13.1. The molecule has 6 heteroatoms. The Bertz CT molecular complexity index is 516. The lowest BCUT2D eigenvalue weighted by atomic mass is 10.1. The molecule has 0 saturated carbocycles. The summed E-state index contributed by atoms with van der Waals surface area (Å²) in [6.45, 7) is 5.74. The van der Waals surface area contributed by atoms with Gasteiger partial charge in [0, 0.05) is 19.8 Å². The maximum Gasteiger partial charge on any atom is 0.0955 e. The van der Waals surface area contributed by atoms with Crippen LogP contribution in [0.4, 0.5) is 0 Å². The number of aryl methyl sites for hydroxylation is 2. The number of hydrogen-bond donors (Lipinski definition) is 1. The standard InChI is InChI=1S/C12H18ClN5/c1-4-14-11(10-6-7-17(3)16-10)12-9(13)8-15-18(12)5-2/h6-8,11,14H,4-5H2,1-3H3. The van der Waals surface area contributed by atoms with Gasteiger partial charge in [0.05, 0.1) is 28.6 Å². The molecule has 2 rings (SSSR count). The summed E-state index contributed by atoms with van der Waals surface area (Å²) in [5.74, 6) is 0.